The molecule has 0 bridgehead atoms. The molecule has 31 heavy (non-hydrogen) atoms. The van der Waals surface area contributed by atoms with E-state index < -0.39 is 21.8 Å². The molecule has 1 aliphatic heterocycles. The van der Waals surface area contributed by atoms with Gasteiger partial charge in [-0.25, -0.2) is 13.1 Å². The largest absolute Gasteiger partial charge is 0.496 e. The molecule has 2 aromatic rings. The molecule has 0 spiro atoms. The minimum absolute atomic E-state index is 0.131. The lowest BCUT2D eigenvalue weighted by molar-refractivity contribution is -0.137. The van der Waals surface area contributed by atoms with E-state index in [1.165, 1.54) is 37.4 Å². The summed E-state index contributed by atoms with van der Waals surface area (Å²) in [5.41, 5.74) is -0.564. The lowest BCUT2D eigenvalue weighted by atomic mass is 10.1. The standard InChI is InChI=1S/C21H23F3N2O4S/c1-30-19-9-8-17(13-18(19)20(27)26-10-3-2-4-11-26)31(28,29)25-14-15-6-5-7-16(12-15)21(22,23)24/h5-9,12-13,25H,2-4,10-11,14H2,1H3. The van der Waals surface area contributed by atoms with E-state index in [1.807, 2.05) is 0 Å². The second-order valence-corrected chi connectivity index (χ2v) is 9.00. The molecule has 10 heteroatoms. The quantitative estimate of drug-likeness (QED) is 0.717. The van der Waals surface area contributed by atoms with Crippen molar-refractivity contribution in [3.8, 4) is 5.75 Å². The Kier molecular flexibility index (Phi) is 6.90. The van der Waals surface area contributed by atoms with Gasteiger partial charge in [0.2, 0.25) is 10.0 Å². The van der Waals surface area contributed by atoms with E-state index in [1.54, 1.807) is 4.90 Å². The summed E-state index contributed by atoms with van der Waals surface area (Å²) in [6.07, 6.45) is -1.72. The van der Waals surface area contributed by atoms with Crippen LogP contribution in [0.25, 0.3) is 0 Å². The summed E-state index contributed by atoms with van der Waals surface area (Å²) in [6, 6.07) is 8.36. The van der Waals surface area contributed by atoms with Gasteiger partial charge in [0.1, 0.15) is 5.75 Å². The number of halogens is 3. The molecule has 0 unspecified atom stereocenters. The molecular weight excluding hydrogens is 433 g/mol. The fourth-order valence-corrected chi connectivity index (χ4v) is 4.45. The van der Waals surface area contributed by atoms with E-state index in [-0.39, 0.29) is 34.2 Å². The molecule has 1 fully saturated rings. The SMILES string of the molecule is COc1ccc(S(=O)(=O)NCc2cccc(C(F)(F)F)c2)cc1C(=O)N1CCCCC1. The number of carbonyl (C=O) groups excluding carboxylic acids is 1. The predicted octanol–water partition coefficient (Wildman–Crippen LogP) is 3.82. The minimum Gasteiger partial charge on any atom is -0.496 e. The average Bonchev–Trinajstić information content (AvgIpc) is 2.77. The van der Waals surface area contributed by atoms with Crippen LogP contribution in [0.1, 0.15) is 40.7 Å². The number of alkyl halides is 3. The van der Waals surface area contributed by atoms with Crippen LogP contribution in [0.5, 0.6) is 5.75 Å². The highest BCUT2D eigenvalue weighted by Gasteiger charge is 2.30. The number of methoxy groups -OCH3 is 1. The maximum atomic E-state index is 12.9. The molecule has 168 valence electrons. The van der Waals surface area contributed by atoms with Crippen molar-refractivity contribution in [3.63, 3.8) is 0 Å². The molecule has 1 N–H and O–H groups in total. The molecule has 2 aromatic carbocycles. The number of hydrogen-bond acceptors (Lipinski definition) is 4. The molecule has 0 atom stereocenters. The number of nitrogens with one attached hydrogen (secondary N) is 1. The van der Waals surface area contributed by atoms with Crippen molar-refractivity contribution in [1.82, 2.24) is 9.62 Å². The third-order valence-electron chi connectivity index (χ3n) is 5.08. The predicted molar refractivity (Wildman–Crippen MR) is 108 cm³/mol. The first-order valence-corrected chi connectivity index (χ1v) is 11.2. The Hall–Kier alpha value is -2.59. The van der Waals surface area contributed by atoms with Crippen molar-refractivity contribution in [1.29, 1.82) is 0 Å². The van der Waals surface area contributed by atoms with Gasteiger partial charge in [-0.1, -0.05) is 18.2 Å². The Morgan fingerprint density at radius 1 is 1.10 bits per heavy atom. The number of amides is 1. The first kappa shape index (κ1) is 23.1. The third kappa shape index (κ3) is 5.56. The number of sulfonamides is 1. The number of hydrogen-bond donors (Lipinski definition) is 1. The first-order chi connectivity index (χ1) is 14.6. The van der Waals surface area contributed by atoms with Gasteiger partial charge >= 0.3 is 6.18 Å². The van der Waals surface area contributed by atoms with Crippen molar-refractivity contribution in [3.05, 3.63) is 59.2 Å². The highest BCUT2D eigenvalue weighted by molar-refractivity contribution is 7.89. The lowest BCUT2D eigenvalue weighted by Crippen LogP contribution is -2.36. The second kappa shape index (κ2) is 9.27. The van der Waals surface area contributed by atoms with Gasteiger partial charge in [0.05, 0.1) is 23.1 Å². The summed E-state index contributed by atoms with van der Waals surface area (Å²) in [4.78, 5) is 14.4. The summed E-state index contributed by atoms with van der Waals surface area (Å²) in [6.45, 7) is 0.854. The van der Waals surface area contributed by atoms with Crippen LogP contribution in [0.4, 0.5) is 13.2 Å². The summed E-state index contributed by atoms with van der Waals surface area (Å²) < 4.78 is 71.6. The van der Waals surface area contributed by atoms with E-state index in [2.05, 4.69) is 4.72 Å². The number of rotatable bonds is 6. The molecular formula is C21H23F3N2O4S. The second-order valence-electron chi connectivity index (χ2n) is 7.24. The van der Waals surface area contributed by atoms with Crippen molar-refractivity contribution in [2.45, 2.75) is 36.9 Å². The smallest absolute Gasteiger partial charge is 0.416 e. The van der Waals surface area contributed by atoms with Crippen LogP contribution in [-0.4, -0.2) is 39.4 Å². The van der Waals surface area contributed by atoms with Gasteiger partial charge in [-0.3, -0.25) is 4.79 Å². The van der Waals surface area contributed by atoms with E-state index in [0.29, 0.717) is 13.1 Å². The van der Waals surface area contributed by atoms with Crippen LogP contribution < -0.4 is 9.46 Å². The number of nitrogens with zero attached hydrogens (tertiary/aromatic N) is 1. The van der Waals surface area contributed by atoms with Gasteiger partial charge in [-0.05, 0) is 49.1 Å². The topological polar surface area (TPSA) is 75.7 Å². The Labute approximate surface area is 179 Å². The fourth-order valence-electron chi connectivity index (χ4n) is 3.41. The summed E-state index contributed by atoms with van der Waals surface area (Å²) in [7, 11) is -2.68. The Balaban J connectivity index is 1.82. The third-order valence-corrected chi connectivity index (χ3v) is 6.47. The van der Waals surface area contributed by atoms with Crippen LogP contribution in [0.2, 0.25) is 0 Å². The molecule has 6 nitrogen and oxygen atoms in total. The number of piperidine rings is 1. The molecule has 1 amide bonds. The average molecular weight is 456 g/mol. The first-order valence-electron chi connectivity index (χ1n) is 9.75. The zero-order valence-corrected chi connectivity index (χ0v) is 17.7. The van der Waals surface area contributed by atoms with Gasteiger partial charge in [0, 0.05) is 19.6 Å². The fraction of sp³-hybridized carbons (Fsp3) is 0.381. The van der Waals surface area contributed by atoms with Gasteiger partial charge in [-0.15, -0.1) is 0 Å². The molecule has 0 aliphatic carbocycles. The van der Waals surface area contributed by atoms with Gasteiger partial charge < -0.3 is 9.64 Å². The summed E-state index contributed by atoms with van der Waals surface area (Å²) >= 11 is 0. The highest BCUT2D eigenvalue weighted by Crippen LogP contribution is 2.30. The number of likely N-dealkylation sites (tertiary alicyclic amines) is 1. The van der Waals surface area contributed by atoms with Crippen molar-refractivity contribution >= 4 is 15.9 Å². The zero-order valence-electron chi connectivity index (χ0n) is 16.9. The van der Waals surface area contributed by atoms with Crippen LogP contribution in [-0.2, 0) is 22.7 Å². The maximum Gasteiger partial charge on any atom is 0.416 e. The summed E-state index contributed by atoms with van der Waals surface area (Å²) in [5, 5.41) is 0. The Morgan fingerprint density at radius 2 is 1.81 bits per heavy atom. The normalized spacial score (nSPS) is 15.0. The minimum atomic E-state index is -4.52. The highest BCUT2D eigenvalue weighted by atomic mass is 32.2. The van der Waals surface area contributed by atoms with Crippen LogP contribution in [0.15, 0.2) is 47.4 Å². The van der Waals surface area contributed by atoms with Gasteiger partial charge in [0.15, 0.2) is 0 Å². The molecule has 1 saturated heterocycles. The van der Waals surface area contributed by atoms with Gasteiger partial charge in [-0.2, -0.15) is 13.2 Å². The van der Waals surface area contributed by atoms with Crippen LogP contribution in [0, 0.1) is 0 Å². The molecule has 0 radical (unpaired) electrons. The van der Waals surface area contributed by atoms with E-state index >= 15 is 0 Å². The van der Waals surface area contributed by atoms with E-state index in [9.17, 15) is 26.4 Å². The molecule has 1 aliphatic rings. The maximum absolute atomic E-state index is 12.9. The molecule has 0 aromatic heterocycles. The van der Waals surface area contributed by atoms with Crippen LogP contribution in [0.3, 0.4) is 0 Å². The number of benzene rings is 2. The van der Waals surface area contributed by atoms with Crippen molar-refractivity contribution in [2.75, 3.05) is 20.2 Å². The Morgan fingerprint density at radius 3 is 2.45 bits per heavy atom. The monoisotopic (exact) mass is 456 g/mol. The van der Waals surface area contributed by atoms with Crippen molar-refractivity contribution < 1.29 is 31.1 Å². The van der Waals surface area contributed by atoms with E-state index in [0.717, 1.165) is 31.4 Å². The summed E-state index contributed by atoms with van der Waals surface area (Å²) in [5.74, 6) is -0.0566. The zero-order chi connectivity index (χ0) is 22.6. The lowest BCUT2D eigenvalue weighted by Gasteiger charge is -2.27. The number of carbonyl (C=O) groups is 1. The van der Waals surface area contributed by atoms with Crippen LogP contribution >= 0.6 is 0 Å². The van der Waals surface area contributed by atoms with Crippen molar-refractivity contribution in [2.24, 2.45) is 0 Å². The molecule has 3 rings (SSSR count). The molecule has 1 heterocycles. The Bertz CT molecular complexity index is 1050. The van der Waals surface area contributed by atoms with E-state index in [4.69, 9.17) is 4.74 Å². The number of ether oxygens (including phenoxy) is 1. The molecule has 0 saturated carbocycles. The van der Waals surface area contributed by atoms with Gasteiger partial charge in [0.25, 0.3) is 5.91 Å².